The molecule has 1 heterocycles. The van der Waals surface area contributed by atoms with Crippen LogP contribution in [0.2, 0.25) is 0 Å². The maximum atomic E-state index is 13.2. The third-order valence-electron chi connectivity index (χ3n) is 3.49. The molecule has 1 aliphatic rings. The second-order valence-electron chi connectivity index (χ2n) is 5.01. The van der Waals surface area contributed by atoms with E-state index in [1.54, 1.807) is 30.3 Å². The first-order chi connectivity index (χ1) is 10.9. The summed E-state index contributed by atoms with van der Waals surface area (Å²) in [5.41, 5.74) is -0.466. The minimum absolute atomic E-state index is 0.144. The van der Waals surface area contributed by atoms with E-state index in [4.69, 9.17) is 11.6 Å². The predicted octanol–water partition coefficient (Wildman–Crippen LogP) is 4.10. The van der Waals surface area contributed by atoms with E-state index in [-0.39, 0.29) is 18.2 Å². The zero-order chi connectivity index (χ0) is 16.6. The lowest BCUT2D eigenvalue weighted by atomic mass is 9.96. The molecule has 1 aliphatic heterocycles. The molecule has 0 aromatic heterocycles. The monoisotopic (exact) mass is 341 g/mol. The van der Waals surface area contributed by atoms with E-state index in [1.165, 1.54) is 12.1 Å². The van der Waals surface area contributed by atoms with Crippen LogP contribution in [-0.4, -0.2) is 17.6 Å². The Hall–Kier alpha value is -2.21. The topological polar surface area (TPSA) is 38.3 Å². The Balaban J connectivity index is 2.02. The van der Waals surface area contributed by atoms with Crippen LogP contribution >= 0.6 is 11.6 Å². The number of ether oxygens (including phenoxy) is 1. The lowest BCUT2D eigenvalue weighted by Gasteiger charge is -2.19. The van der Waals surface area contributed by atoms with Gasteiger partial charge < -0.3 is 10.1 Å². The summed E-state index contributed by atoms with van der Waals surface area (Å²) in [5, 5.41) is 2.69. The predicted molar refractivity (Wildman–Crippen MR) is 79.4 cm³/mol. The van der Waals surface area contributed by atoms with E-state index in [1.807, 2.05) is 0 Å². The average molecular weight is 342 g/mol. The van der Waals surface area contributed by atoms with Crippen LogP contribution in [0.1, 0.15) is 15.9 Å². The van der Waals surface area contributed by atoms with Gasteiger partial charge in [-0.15, -0.1) is 0 Å². The molecular formula is C16H11ClF3NO2. The molecule has 7 heteroatoms. The van der Waals surface area contributed by atoms with Gasteiger partial charge in [0.05, 0.1) is 0 Å². The molecule has 120 valence electrons. The quantitative estimate of drug-likeness (QED) is 0.853. The summed E-state index contributed by atoms with van der Waals surface area (Å²) in [5.74, 6) is -0.486. The maximum absolute atomic E-state index is 13.2. The van der Waals surface area contributed by atoms with Crippen molar-refractivity contribution >= 4 is 17.5 Å². The summed E-state index contributed by atoms with van der Waals surface area (Å²) in [4.78, 5) is 12.0. The summed E-state index contributed by atoms with van der Waals surface area (Å²) < 4.78 is 43.5. The van der Waals surface area contributed by atoms with Gasteiger partial charge in [0.15, 0.2) is 0 Å². The highest BCUT2D eigenvalue weighted by molar-refractivity contribution is 6.20. The van der Waals surface area contributed by atoms with Crippen LogP contribution in [0.3, 0.4) is 0 Å². The lowest BCUT2D eigenvalue weighted by Crippen LogP contribution is -2.32. The number of hydrogen-bond donors (Lipinski definition) is 1. The highest BCUT2D eigenvalue weighted by atomic mass is 35.5. The standard InChI is InChI=1S/C16H11ClF3NO2/c17-15(18)16(19,20)23-10-5-6-11-9(7-10)8-21-14(22)13-4-2-1-3-12(11)13/h1-7,15H,8H2,(H,21,22). The molecule has 0 fully saturated rings. The van der Waals surface area contributed by atoms with Gasteiger partial charge in [-0.25, -0.2) is 4.39 Å². The van der Waals surface area contributed by atoms with Gasteiger partial charge in [-0.05, 0) is 34.9 Å². The van der Waals surface area contributed by atoms with Gasteiger partial charge >= 0.3 is 6.11 Å². The average Bonchev–Trinajstić information content (AvgIpc) is 2.65. The second kappa shape index (κ2) is 5.77. The Morgan fingerprint density at radius 1 is 1.13 bits per heavy atom. The molecule has 1 atom stereocenters. The Labute approximate surface area is 135 Å². The van der Waals surface area contributed by atoms with Crippen LogP contribution in [0.25, 0.3) is 11.1 Å². The molecule has 0 saturated heterocycles. The van der Waals surface area contributed by atoms with Gasteiger partial charge in [0.1, 0.15) is 5.75 Å². The van der Waals surface area contributed by atoms with Crippen LogP contribution in [0, 0.1) is 0 Å². The fraction of sp³-hybridized carbons (Fsp3) is 0.188. The molecule has 1 amide bonds. The summed E-state index contributed by atoms with van der Waals surface area (Å²) in [6.45, 7) is 0.144. The first kappa shape index (κ1) is 15.7. The second-order valence-corrected chi connectivity index (χ2v) is 5.39. The number of hydrogen-bond acceptors (Lipinski definition) is 2. The van der Waals surface area contributed by atoms with Crippen LogP contribution in [0.15, 0.2) is 42.5 Å². The van der Waals surface area contributed by atoms with E-state index in [2.05, 4.69) is 10.1 Å². The van der Waals surface area contributed by atoms with Crippen molar-refractivity contribution in [2.24, 2.45) is 0 Å². The number of amides is 1. The van der Waals surface area contributed by atoms with Crippen LogP contribution in [0.4, 0.5) is 13.2 Å². The highest BCUT2D eigenvalue weighted by Gasteiger charge is 2.42. The SMILES string of the molecule is O=C1NCc2cc(OC(F)(F)C(F)Cl)ccc2-c2ccccc21. The summed E-state index contributed by atoms with van der Waals surface area (Å²) >= 11 is 4.78. The number of carbonyl (C=O) groups excluding carboxylic acids is 1. The smallest absolute Gasteiger partial charge is 0.429 e. The van der Waals surface area contributed by atoms with Crippen molar-refractivity contribution in [3.8, 4) is 16.9 Å². The first-order valence-corrected chi connectivity index (χ1v) is 7.17. The molecule has 0 bridgehead atoms. The van der Waals surface area contributed by atoms with Crippen molar-refractivity contribution in [1.29, 1.82) is 0 Å². The van der Waals surface area contributed by atoms with Gasteiger partial charge in [0.2, 0.25) is 0 Å². The van der Waals surface area contributed by atoms with E-state index >= 15 is 0 Å². The summed E-state index contributed by atoms with van der Waals surface area (Å²) in [6.07, 6.45) is -4.14. The largest absolute Gasteiger partial charge is 0.444 e. The Morgan fingerprint density at radius 2 is 1.83 bits per heavy atom. The molecular weight excluding hydrogens is 331 g/mol. The minimum atomic E-state index is -4.14. The molecule has 0 aliphatic carbocycles. The van der Waals surface area contributed by atoms with Gasteiger partial charge in [0.25, 0.3) is 11.5 Å². The zero-order valence-electron chi connectivity index (χ0n) is 11.7. The van der Waals surface area contributed by atoms with Crippen LogP contribution in [0.5, 0.6) is 5.75 Å². The molecule has 3 nitrogen and oxygen atoms in total. The normalized spacial score (nSPS) is 15.0. The van der Waals surface area contributed by atoms with E-state index in [0.29, 0.717) is 16.7 Å². The first-order valence-electron chi connectivity index (χ1n) is 6.74. The number of fused-ring (bicyclic) bond motifs is 3. The van der Waals surface area contributed by atoms with Crippen molar-refractivity contribution in [2.75, 3.05) is 0 Å². The van der Waals surface area contributed by atoms with Crippen LogP contribution < -0.4 is 10.1 Å². The zero-order valence-corrected chi connectivity index (χ0v) is 12.4. The molecule has 1 N–H and O–H groups in total. The van der Waals surface area contributed by atoms with E-state index in [9.17, 15) is 18.0 Å². The van der Waals surface area contributed by atoms with Gasteiger partial charge in [-0.1, -0.05) is 35.9 Å². The molecule has 0 spiro atoms. The fourth-order valence-corrected chi connectivity index (χ4v) is 2.48. The maximum Gasteiger partial charge on any atom is 0.444 e. The molecule has 0 saturated carbocycles. The van der Waals surface area contributed by atoms with E-state index < -0.39 is 11.7 Å². The van der Waals surface area contributed by atoms with Crippen molar-refractivity contribution in [2.45, 2.75) is 18.3 Å². The van der Waals surface area contributed by atoms with Crippen LogP contribution in [-0.2, 0) is 6.54 Å². The number of carbonyl (C=O) groups is 1. The molecule has 2 aromatic carbocycles. The van der Waals surface area contributed by atoms with Crippen molar-refractivity contribution in [3.05, 3.63) is 53.6 Å². The van der Waals surface area contributed by atoms with Gasteiger partial charge in [-0.2, -0.15) is 8.78 Å². The number of nitrogens with one attached hydrogen (secondary N) is 1. The third kappa shape index (κ3) is 2.99. The van der Waals surface area contributed by atoms with Gasteiger partial charge in [-0.3, -0.25) is 4.79 Å². The number of halogens is 4. The fourth-order valence-electron chi connectivity index (χ4n) is 2.43. The molecule has 3 rings (SSSR count). The molecule has 0 radical (unpaired) electrons. The number of benzene rings is 2. The Morgan fingerprint density at radius 3 is 2.52 bits per heavy atom. The van der Waals surface area contributed by atoms with Crippen molar-refractivity contribution < 1.29 is 22.7 Å². The summed E-state index contributed by atoms with van der Waals surface area (Å²) in [7, 11) is 0. The Kier molecular flexibility index (Phi) is 3.93. The number of alkyl halides is 4. The molecule has 2 aromatic rings. The highest BCUT2D eigenvalue weighted by Crippen LogP contribution is 2.34. The van der Waals surface area contributed by atoms with Crippen molar-refractivity contribution in [1.82, 2.24) is 5.32 Å². The molecule has 23 heavy (non-hydrogen) atoms. The lowest BCUT2D eigenvalue weighted by molar-refractivity contribution is -0.199. The van der Waals surface area contributed by atoms with E-state index in [0.717, 1.165) is 5.56 Å². The Bertz CT molecular complexity index is 765. The minimum Gasteiger partial charge on any atom is -0.429 e. The summed E-state index contributed by atoms with van der Waals surface area (Å²) in [6, 6.07) is 11.2. The third-order valence-corrected chi connectivity index (χ3v) is 3.74. The molecule has 1 unspecified atom stereocenters. The van der Waals surface area contributed by atoms with Crippen molar-refractivity contribution in [3.63, 3.8) is 0 Å². The number of rotatable bonds is 3. The van der Waals surface area contributed by atoms with Gasteiger partial charge in [0, 0.05) is 12.1 Å².